The summed E-state index contributed by atoms with van der Waals surface area (Å²) in [6, 6.07) is 14.8. The van der Waals surface area contributed by atoms with E-state index in [4.69, 9.17) is 9.84 Å². The summed E-state index contributed by atoms with van der Waals surface area (Å²) < 4.78 is 22.1. The highest BCUT2D eigenvalue weighted by molar-refractivity contribution is 5.64. The number of nitrogens with one attached hydrogen (secondary N) is 2. The van der Waals surface area contributed by atoms with Crippen LogP contribution in [0.2, 0.25) is 0 Å². The second-order valence-corrected chi connectivity index (χ2v) is 7.60. The molecule has 4 aromatic rings. The standard InChI is InChI=1S/C24H27FN6O/c1-3-4-12-32-22-11-10-18(13-21(22)25)23-19(14-26-17(2)24-27-16-28-29-24)15-31(30-23)20-8-6-5-7-9-20/h5-11,13,15-17,26H,3-4,12,14H2,1-2H3,(H,27,28,29)/t17-/m1/s1. The van der Waals surface area contributed by atoms with E-state index in [2.05, 4.69) is 27.4 Å². The highest BCUT2D eigenvalue weighted by atomic mass is 19.1. The van der Waals surface area contributed by atoms with Gasteiger partial charge in [-0.25, -0.2) is 14.1 Å². The summed E-state index contributed by atoms with van der Waals surface area (Å²) in [6.45, 7) is 5.11. The fourth-order valence-corrected chi connectivity index (χ4v) is 3.37. The van der Waals surface area contributed by atoms with E-state index in [0.29, 0.717) is 24.4 Å². The number of rotatable bonds is 10. The third-order valence-electron chi connectivity index (χ3n) is 5.21. The Kier molecular flexibility index (Phi) is 6.91. The lowest BCUT2D eigenvalue weighted by Gasteiger charge is -2.11. The molecule has 0 fully saturated rings. The zero-order valence-corrected chi connectivity index (χ0v) is 18.3. The molecule has 2 aromatic heterocycles. The molecule has 4 rings (SSSR count). The summed E-state index contributed by atoms with van der Waals surface area (Å²) in [5.74, 6) is 0.631. The van der Waals surface area contributed by atoms with Gasteiger partial charge in [0.05, 0.1) is 24.0 Å². The molecule has 0 saturated heterocycles. The van der Waals surface area contributed by atoms with Crippen LogP contribution in [0.25, 0.3) is 16.9 Å². The van der Waals surface area contributed by atoms with E-state index in [0.717, 1.165) is 29.9 Å². The SMILES string of the molecule is CCCCOc1ccc(-c2nn(-c3ccccc3)cc2CN[C@H](C)c2ncn[nH]2)cc1F. The van der Waals surface area contributed by atoms with Gasteiger partial charge in [-0.2, -0.15) is 10.2 Å². The zero-order chi connectivity index (χ0) is 22.3. The minimum atomic E-state index is -0.387. The summed E-state index contributed by atoms with van der Waals surface area (Å²) in [7, 11) is 0. The van der Waals surface area contributed by atoms with Crippen molar-refractivity contribution >= 4 is 0 Å². The van der Waals surface area contributed by atoms with Gasteiger partial charge in [0.25, 0.3) is 0 Å². The molecule has 0 radical (unpaired) electrons. The lowest BCUT2D eigenvalue weighted by atomic mass is 10.1. The van der Waals surface area contributed by atoms with Gasteiger partial charge in [-0.3, -0.25) is 5.10 Å². The van der Waals surface area contributed by atoms with Crippen molar-refractivity contribution in [3.63, 3.8) is 0 Å². The van der Waals surface area contributed by atoms with E-state index in [1.54, 1.807) is 6.07 Å². The zero-order valence-electron chi connectivity index (χ0n) is 18.3. The van der Waals surface area contributed by atoms with Crippen molar-refractivity contribution in [2.75, 3.05) is 6.61 Å². The first-order chi connectivity index (χ1) is 15.7. The minimum absolute atomic E-state index is 0.0310. The Labute approximate surface area is 186 Å². The van der Waals surface area contributed by atoms with Gasteiger partial charge < -0.3 is 10.1 Å². The first kappa shape index (κ1) is 21.7. The Hall–Kier alpha value is -3.52. The normalized spacial score (nSPS) is 12.1. The van der Waals surface area contributed by atoms with E-state index < -0.39 is 0 Å². The third kappa shape index (κ3) is 5.03. The Balaban J connectivity index is 1.62. The van der Waals surface area contributed by atoms with Gasteiger partial charge in [0, 0.05) is 23.9 Å². The lowest BCUT2D eigenvalue weighted by Crippen LogP contribution is -2.19. The van der Waals surface area contributed by atoms with Crippen molar-refractivity contribution in [2.45, 2.75) is 39.3 Å². The van der Waals surface area contributed by atoms with Crippen LogP contribution in [-0.4, -0.2) is 31.6 Å². The van der Waals surface area contributed by atoms with Crippen molar-refractivity contribution in [3.05, 3.63) is 78.3 Å². The van der Waals surface area contributed by atoms with Gasteiger partial charge in [0.2, 0.25) is 0 Å². The molecule has 32 heavy (non-hydrogen) atoms. The maximum atomic E-state index is 14.7. The number of unbranched alkanes of at least 4 members (excludes halogenated alkanes) is 1. The first-order valence-electron chi connectivity index (χ1n) is 10.8. The molecular formula is C24H27FN6O. The smallest absolute Gasteiger partial charge is 0.165 e. The fourth-order valence-electron chi connectivity index (χ4n) is 3.37. The maximum Gasteiger partial charge on any atom is 0.165 e. The quantitative estimate of drug-likeness (QED) is 0.350. The molecule has 0 saturated carbocycles. The molecule has 8 heteroatoms. The molecule has 1 atom stereocenters. The van der Waals surface area contributed by atoms with Crippen molar-refractivity contribution in [2.24, 2.45) is 0 Å². The van der Waals surface area contributed by atoms with Gasteiger partial charge in [-0.05, 0) is 43.7 Å². The monoisotopic (exact) mass is 434 g/mol. The number of nitrogens with zero attached hydrogens (tertiary/aromatic N) is 4. The highest BCUT2D eigenvalue weighted by Gasteiger charge is 2.16. The number of H-pyrrole nitrogens is 1. The number of halogens is 1. The molecule has 2 aromatic carbocycles. The predicted octanol–water partition coefficient (Wildman–Crippen LogP) is 4.83. The van der Waals surface area contributed by atoms with E-state index in [9.17, 15) is 4.39 Å². The van der Waals surface area contributed by atoms with Crippen LogP contribution < -0.4 is 10.1 Å². The summed E-state index contributed by atoms with van der Waals surface area (Å²) >= 11 is 0. The van der Waals surface area contributed by atoms with Crippen molar-refractivity contribution in [1.29, 1.82) is 0 Å². The molecule has 7 nitrogen and oxygen atoms in total. The van der Waals surface area contributed by atoms with Crippen molar-refractivity contribution < 1.29 is 9.13 Å². The molecule has 0 amide bonds. The number of aromatic amines is 1. The van der Waals surface area contributed by atoms with Gasteiger partial charge >= 0.3 is 0 Å². The summed E-state index contributed by atoms with van der Waals surface area (Å²) in [5.41, 5.74) is 3.29. The number of hydrogen-bond acceptors (Lipinski definition) is 5. The van der Waals surface area contributed by atoms with Crippen LogP contribution in [0.4, 0.5) is 4.39 Å². The summed E-state index contributed by atoms with van der Waals surface area (Å²) in [4.78, 5) is 4.20. The average Bonchev–Trinajstić information content (AvgIpc) is 3.50. The predicted molar refractivity (Wildman–Crippen MR) is 121 cm³/mol. The molecular weight excluding hydrogens is 407 g/mol. The fraction of sp³-hybridized carbons (Fsp3) is 0.292. The van der Waals surface area contributed by atoms with Gasteiger partial charge in [-0.15, -0.1) is 0 Å². The molecule has 0 spiro atoms. The molecule has 2 heterocycles. The van der Waals surface area contributed by atoms with Crippen LogP contribution in [-0.2, 0) is 6.54 Å². The average molecular weight is 435 g/mol. The van der Waals surface area contributed by atoms with Crippen LogP contribution in [0.3, 0.4) is 0 Å². The number of ether oxygens (including phenoxy) is 1. The van der Waals surface area contributed by atoms with E-state index >= 15 is 0 Å². The second kappa shape index (κ2) is 10.2. The van der Waals surface area contributed by atoms with Gasteiger partial charge in [-0.1, -0.05) is 31.5 Å². The number of aromatic nitrogens is 5. The number of hydrogen-bond donors (Lipinski definition) is 2. The Morgan fingerprint density at radius 3 is 2.75 bits per heavy atom. The van der Waals surface area contributed by atoms with Crippen LogP contribution in [0.5, 0.6) is 5.75 Å². The minimum Gasteiger partial charge on any atom is -0.491 e. The lowest BCUT2D eigenvalue weighted by molar-refractivity contribution is 0.294. The molecule has 0 aliphatic carbocycles. The van der Waals surface area contributed by atoms with Gasteiger partial charge in [0.1, 0.15) is 12.2 Å². The van der Waals surface area contributed by atoms with Crippen LogP contribution in [0.15, 0.2) is 61.1 Å². The number of para-hydroxylation sites is 1. The summed E-state index contributed by atoms with van der Waals surface area (Å²) in [5, 5.41) is 15.0. The Morgan fingerprint density at radius 1 is 1.19 bits per heavy atom. The first-order valence-corrected chi connectivity index (χ1v) is 10.8. The molecule has 0 aliphatic heterocycles. The van der Waals surface area contributed by atoms with Crippen molar-refractivity contribution in [3.8, 4) is 22.7 Å². The van der Waals surface area contributed by atoms with E-state index in [-0.39, 0.29) is 17.6 Å². The van der Waals surface area contributed by atoms with Crippen molar-refractivity contribution in [1.82, 2.24) is 30.3 Å². The van der Waals surface area contributed by atoms with E-state index in [1.807, 2.05) is 54.2 Å². The Bertz CT molecular complexity index is 1130. The molecule has 0 bridgehead atoms. The topological polar surface area (TPSA) is 80.7 Å². The maximum absolute atomic E-state index is 14.7. The largest absolute Gasteiger partial charge is 0.491 e. The Morgan fingerprint density at radius 2 is 2.03 bits per heavy atom. The molecule has 2 N–H and O–H groups in total. The molecule has 0 unspecified atom stereocenters. The van der Waals surface area contributed by atoms with Crippen LogP contribution >= 0.6 is 0 Å². The number of benzene rings is 2. The van der Waals surface area contributed by atoms with Gasteiger partial charge in [0.15, 0.2) is 11.6 Å². The second-order valence-electron chi connectivity index (χ2n) is 7.60. The van der Waals surface area contributed by atoms with Crippen LogP contribution in [0, 0.1) is 5.82 Å². The summed E-state index contributed by atoms with van der Waals surface area (Å²) in [6.07, 6.45) is 5.34. The highest BCUT2D eigenvalue weighted by Crippen LogP contribution is 2.28. The molecule has 166 valence electrons. The third-order valence-corrected chi connectivity index (χ3v) is 5.21. The molecule has 0 aliphatic rings. The van der Waals surface area contributed by atoms with E-state index in [1.165, 1.54) is 12.4 Å². The van der Waals surface area contributed by atoms with Crippen LogP contribution in [0.1, 0.15) is 44.1 Å².